The molecule has 0 aliphatic rings. The van der Waals surface area contributed by atoms with Crippen LogP contribution in [-0.2, 0) is 40.5 Å². The van der Waals surface area contributed by atoms with Crippen LogP contribution in [0.25, 0.3) is 0 Å². The molecule has 0 amide bonds. The van der Waals surface area contributed by atoms with Gasteiger partial charge < -0.3 is 35.1 Å². The minimum Gasteiger partial charge on any atom is -0.550 e. The smallest absolute Gasteiger partial charge is 0.550 e. The Morgan fingerprint density at radius 1 is 0.591 bits per heavy atom. The van der Waals surface area contributed by atoms with E-state index in [4.69, 9.17) is 49.5 Å². The van der Waals surface area contributed by atoms with Crippen LogP contribution in [0, 0.1) is 0 Å². The van der Waals surface area contributed by atoms with Gasteiger partial charge in [0.05, 0.1) is 0 Å². The molecule has 0 aliphatic carbocycles. The first-order chi connectivity index (χ1) is 8.66. The van der Waals surface area contributed by atoms with Crippen molar-refractivity contribution in [1.82, 2.24) is 0 Å². The second kappa shape index (κ2) is 36.5. The van der Waals surface area contributed by atoms with Gasteiger partial charge in [0.25, 0.3) is 17.9 Å². The molecular formula is C10H21NiO10P. The number of rotatable bonds is 0. The zero-order valence-electron chi connectivity index (χ0n) is 12.7. The Labute approximate surface area is 141 Å². The van der Waals surface area contributed by atoms with E-state index in [1.165, 1.54) is 0 Å². The number of carbonyl (C=O) groups excluding carboxylic acids is 2. The van der Waals surface area contributed by atoms with Crippen molar-refractivity contribution in [3.05, 3.63) is 0 Å². The first-order valence-corrected chi connectivity index (χ1v) is 4.60. The van der Waals surface area contributed by atoms with Crippen molar-refractivity contribution in [1.29, 1.82) is 0 Å². The van der Waals surface area contributed by atoms with E-state index in [0.717, 1.165) is 34.6 Å². The zero-order valence-corrected chi connectivity index (χ0v) is 15.1. The Bertz CT molecular complexity index is 216. The third kappa shape index (κ3) is 1830. The molecule has 1 atom stereocenters. The van der Waals surface area contributed by atoms with E-state index < -0.39 is 29.8 Å². The molecule has 0 aromatic rings. The second-order valence-electron chi connectivity index (χ2n) is 2.54. The van der Waals surface area contributed by atoms with Gasteiger partial charge in [-0.2, -0.15) is 9.90 Å². The maximum atomic E-state index is 9.00. The molecule has 0 heterocycles. The molecule has 0 bridgehead atoms. The standard InChI is InChI=1S/5C2H4O2.Ni.H3P/c5*1-2(3)4;;/h5*1H3,(H,3,4);;1H3/q;;;;;+2;/p-2. The number of carboxylic acid groups (broad SMARTS) is 5. The van der Waals surface area contributed by atoms with Crippen LogP contribution in [0.5, 0.6) is 0 Å². The van der Waals surface area contributed by atoms with Crippen LogP contribution in [0.4, 0.5) is 0 Å². The van der Waals surface area contributed by atoms with Crippen LogP contribution < -0.4 is 10.2 Å². The summed E-state index contributed by atoms with van der Waals surface area (Å²) in [6.45, 7) is 5.19. The molecule has 12 heteroatoms. The van der Waals surface area contributed by atoms with E-state index in [0.29, 0.717) is 0 Å². The van der Waals surface area contributed by atoms with Gasteiger partial charge in [-0.3, -0.25) is 14.4 Å². The number of carboxylic acids is 5. The molecule has 0 aliphatic heterocycles. The summed E-state index contributed by atoms with van der Waals surface area (Å²) in [4.78, 5) is 44.8. The Kier molecular flexibility index (Phi) is 71.0. The first-order valence-electron chi connectivity index (χ1n) is 4.60. The van der Waals surface area contributed by atoms with E-state index in [1.807, 2.05) is 0 Å². The summed E-state index contributed by atoms with van der Waals surface area (Å²) in [5, 5.41) is 40.0. The zero-order chi connectivity index (χ0) is 17.9. The van der Waals surface area contributed by atoms with Gasteiger partial charge in [0, 0.05) is 32.7 Å². The van der Waals surface area contributed by atoms with Crippen molar-refractivity contribution >= 4 is 39.7 Å². The number of carbonyl (C=O) groups is 5. The molecule has 0 fully saturated rings. The summed E-state index contributed by atoms with van der Waals surface area (Å²) in [6, 6.07) is 0. The fourth-order valence-electron chi connectivity index (χ4n) is 0. The van der Waals surface area contributed by atoms with E-state index in [9.17, 15) is 0 Å². The molecule has 0 rings (SSSR count). The number of hydrogen-bond donors (Lipinski definition) is 3. The summed E-state index contributed by atoms with van der Waals surface area (Å²) in [5.74, 6) is -4.67. The van der Waals surface area contributed by atoms with Gasteiger partial charge in [0.15, 0.2) is 0 Å². The molecule has 22 heavy (non-hydrogen) atoms. The second-order valence-corrected chi connectivity index (χ2v) is 2.54. The predicted molar refractivity (Wildman–Crippen MR) is 72.4 cm³/mol. The largest absolute Gasteiger partial charge is 2.00 e. The van der Waals surface area contributed by atoms with Crippen LogP contribution in [0.15, 0.2) is 0 Å². The van der Waals surface area contributed by atoms with Gasteiger partial charge in [-0.05, 0) is 13.8 Å². The fourth-order valence-corrected chi connectivity index (χ4v) is 0. The molecule has 0 radical (unpaired) electrons. The van der Waals surface area contributed by atoms with E-state index in [1.54, 1.807) is 0 Å². The molecule has 3 N–H and O–H groups in total. The quantitative estimate of drug-likeness (QED) is 0.303. The molecule has 0 aromatic heterocycles. The van der Waals surface area contributed by atoms with Gasteiger partial charge in [0.1, 0.15) is 0 Å². The van der Waals surface area contributed by atoms with Crippen LogP contribution in [-0.4, -0.2) is 45.2 Å². The summed E-state index contributed by atoms with van der Waals surface area (Å²) in [5.41, 5.74) is 0. The van der Waals surface area contributed by atoms with Crippen LogP contribution in [0.1, 0.15) is 34.6 Å². The third-order valence-corrected chi connectivity index (χ3v) is 0. The predicted octanol–water partition coefficient (Wildman–Crippen LogP) is -2.16. The van der Waals surface area contributed by atoms with Gasteiger partial charge in [-0.25, -0.2) is 0 Å². The van der Waals surface area contributed by atoms with Gasteiger partial charge in [0.2, 0.25) is 0 Å². The van der Waals surface area contributed by atoms with Gasteiger partial charge >= 0.3 is 16.5 Å². The van der Waals surface area contributed by atoms with E-state index in [2.05, 4.69) is 0 Å². The number of hydrogen-bond acceptors (Lipinski definition) is 7. The van der Waals surface area contributed by atoms with Crippen molar-refractivity contribution in [2.45, 2.75) is 34.6 Å². The minimum absolute atomic E-state index is 0. The molecule has 10 nitrogen and oxygen atoms in total. The normalized spacial score (nSPS) is 5.68. The molecule has 136 valence electrons. The van der Waals surface area contributed by atoms with Crippen molar-refractivity contribution in [3.8, 4) is 0 Å². The maximum Gasteiger partial charge on any atom is 2.00 e. The Morgan fingerprint density at radius 2 is 0.591 bits per heavy atom. The molecule has 0 aromatic carbocycles. The van der Waals surface area contributed by atoms with Crippen molar-refractivity contribution in [3.63, 3.8) is 0 Å². The Morgan fingerprint density at radius 3 is 0.591 bits per heavy atom. The van der Waals surface area contributed by atoms with Crippen molar-refractivity contribution < 1.29 is 66.0 Å². The molecular weight excluding hydrogens is 370 g/mol. The average Bonchev–Trinajstić information content (AvgIpc) is 1.94. The topological polar surface area (TPSA) is 192 Å². The number of aliphatic carboxylic acids is 5. The summed E-state index contributed by atoms with van der Waals surface area (Å²) < 4.78 is 0. The van der Waals surface area contributed by atoms with Crippen LogP contribution in [0.3, 0.4) is 0 Å². The van der Waals surface area contributed by atoms with Crippen molar-refractivity contribution in [2.75, 3.05) is 0 Å². The molecule has 0 spiro atoms. The Balaban J connectivity index is -0.0000000250. The first kappa shape index (κ1) is 42.7. The fraction of sp³-hybridized carbons (Fsp3) is 0.500. The Hall–Kier alpha value is -1.73. The summed E-state index contributed by atoms with van der Waals surface area (Å²) >= 11 is 0. The van der Waals surface area contributed by atoms with E-state index in [-0.39, 0.29) is 26.4 Å². The maximum absolute atomic E-state index is 9.00. The van der Waals surface area contributed by atoms with Gasteiger partial charge in [-0.1, -0.05) is 0 Å². The molecule has 1 unspecified atom stereocenters. The van der Waals surface area contributed by atoms with Crippen molar-refractivity contribution in [2.24, 2.45) is 0 Å². The molecule has 0 saturated heterocycles. The van der Waals surface area contributed by atoms with Gasteiger partial charge in [-0.15, -0.1) is 0 Å². The van der Waals surface area contributed by atoms with E-state index >= 15 is 0 Å². The monoisotopic (exact) mass is 390 g/mol. The summed E-state index contributed by atoms with van der Waals surface area (Å²) in [7, 11) is 0. The summed E-state index contributed by atoms with van der Waals surface area (Å²) in [6.07, 6.45) is 0. The molecule has 0 saturated carbocycles. The SMILES string of the molecule is CC(=O)O.CC(=O)O.CC(=O)O.CC(=O)[O-].CC(=O)[O-].P.[Ni+2]. The van der Waals surface area contributed by atoms with Crippen LogP contribution >= 0.6 is 9.90 Å². The minimum atomic E-state index is -1.08. The third-order valence-electron chi connectivity index (χ3n) is 0. The average molecular weight is 391 g/mol. The van der Waals surface area contributed by atoms with Crippen LogP contribution in [0.2, 0.25) is 0 Å².